The lowest BCUT2D eigenvalue weighted by atomic mass is 9.96. The lowest BCUT2D eigenvalue weighted by Crippen LogP contribution is -2.47. The van der Waals surface area contributed by atoms with Crippen molar-refractivity contribution in [2.45, 2.75) is 83.1 Å². The van der Waals surface area contributed by atoms with E-state index in [1.807, 2.05) is 0 Å². The van der Waals surface area contributed by atoms with E-state index in [-0.39, 0.29) is 0 Å². The summed E-state index contributed by atoms with van der Waals surface area (Å²) in [5.41, 5.74) is 3.67. The molecule has 0 atom stereocenters. The van der Waals surface area contributed by atoms with Crippen LogP contribution in [0, 0.1) is 0 Å². The molecule has 1 aliphatic carbocycles. The van der Waals surface area contributed by atoms with Gasteiger partial charge in [-0.3, -0.25) is 15.0 Å². The maximum Gasteiger partial charge on any atom is 0.314 e. The SMILES string of the molecule is C1CCCC(N2CCCCCCN2)CCC1.O=C(O)CC(=O)O. The van der Waals surface area contributed by atoms with Gasteiger partial charge >= 0.3 is 11.9 Å². The molecule has 0 amide bonds. The van der Waals surface area contributed by atoms with Gasteiger partial charge in [-0.1, -0.05) is 44.9 Å². The molecule has 2 fully saturated rings. The summed E-state index contributed by atoms with van der Waals surface area (Å²) in [6.45, 7) is 2.49. The molecule has 0 aromatic heterocycles. The first kappa shape index (κ1) is 19.9. The van der Waals surface area contributed by atoms with Crippen LogP contribution in [0.25, 0.3) is 0 Å². The Labute approximate surface area is 139 Å². The van der Waals surface area contributed by atoms with Crippen molar-refractivity contribution < 1.29 is 19.8 Å². The van der Waals surface area contributed by atoms with Crippen LogP contribution in [0.5, 0.6) is 0 Å². The molecule has 2 rings (SSSR count). The molecule has 1 saturated carbocycles. The van der Waals surface area contributed by atoms with Crippen LogP contribution in [0.3, 0.4) is 0 Å². The van der Waals surface area contributed by atoms with Crippen LogP contribution in [0.1, 0.15) is 77.0 Å². The van der Waals surface area contributed by atoms with Gasteiger partial charge in [-0.15, -0.1) is 0 Å². The van der Waals surface area contributed by atoms with Gasteiger partial charge in [0, 0.05) is 19.1 Å². The predicted octanol–water partition coefficient (Wildman–Crippen LogP) is 3.03. The van der Waals surface area contributed by atoms with Gasteiger partial charge in [0.15, 0.2) is 0 Å². The van der Waals surface area contributed by atoms with E-state index >= 15 is 0 Å². The van der Waals surface area contributed by atoms with E-state index in [4.69, 9.17) is 10.2 Å². The summed E-state index contributed by atoms with van der Waals surface area (Å²) in [5.74, 6) is -2.62. The van der Waals surface area contributed by atoms with Gasteiger partial charge in [0.25, 0.3) is 0 Å². The number of nitrogens with one attached hydrogen (secondary N) is 1. The Kier molecular flexibility index (Phi) is 10.6. The minimum absolute atomic E-state index is 0.806. The Morgan fingerprint density at radius 1 is 0.826 bits per heavy atom. The Bertz CT molecular complexity index is 301. The number of hydrazine groups is 1. The second kappa shape index (κ2) is 12.3. The molecule has 1 saturated heterocycles. The highest BCUT2D eigenvalue weighted by Crippen LogP contribution is 2.21. The fourth-order valence-corrected chi connectivity index (χ4v) is 3.25. The van der Waals surface area contributed by atoms with Crippen LogP contribution in [0.15, 0.2) is 0 Å². The van der Waals surface area contributed by atoms with E-state index in [1.54, 1.807) is 0 Å². The van der Waals surface area contributed by atoms with E-state index in [0.29, 0.717) is 0 Å². The van der Waals surface area contributed by atoms with Crippen molar-refractivity contribution in [3.05, 3.63) is 0 Å². The normalized spacial score (nSPS) is 21.7. The lowest BCUT2D eigenvalue weighted by Gasteiger charge is -2.34. The fourth-order valence-electron chi connectivity index (χ4n) is 3.25. The van der Waals surface area contributed by atoms with E-state index in [9.17, 15) is 9.59 Å². The largest absolute Gasteiger partial charge is 0.481 e. The number of hydrogen-bond acceptors (Lipinski definition) is 4. The highest BCUT2D eigenvalue weighted by Gasteiger charge is 2.19. The number of nitrogens with zero attached hydrogens (tertiary/aromatic N) is 1. The van der Waals surface area contributed by atoms with Gasteiger partial charge in [0.2, 0.25) is 0 Å². The Morgan fingerprint density at radius 3 is 1.91 bits per heavy atom. The highest BCUT2D eigenvalue weighted by atomic mass is 16.4. The zero-order valence-electron chi connectivity index (χ0n) is 14.1. The topological polar surface area (TPSA) is 89.9 Å². The number of carbonyl (C=O) groups is 2. The van der Waals surface area contributed by atoms with Crippen molar-refractivity contribution in [3.63, 3.8) is 0 Å². The second-order valence-electron chi connectivity index (χ2n) is 6.48. The third-order valence-corrected chi connectivity index (χ3v) is 4.46. The third kappa shape index (κ3) is 10.3. The van der Waals surface area contributed by atoms with Crippen molar-refractivity contribution in [3.8, 4) is 0 Å². The number of hydrogen-bond donors (Lipinski definition) is 3. The second-order valence-corrected chi connectivity index (χ2v) is 6.48. The summed E-state index contributed by atoms with van der Waals surface area (Å²) < 4.78 is 0. The lowest BCUT2D eigenvalue weighted by molar-refractivity contribution is -0.147. The van der Waals surface area contributed by atoms with Crippen molar-refractivity contribution in [2.24, 2.45) is 0 Å². The fraction of sp³-hybridized carbons (Fsp3) is 0.882. The Balaban J connectivity index is 0.000000322. The van der Waals surface area contributed by atoms with E-state index in [2.05, 4.69) is 10.4 Å². The summed E-state index contributed by atoms with van der Waals surface area (Å²) in [4.78, 5) is 18.9. The minimum Gasteiger partial charge on any atom is -0.481 e. The van der Waals surface area contributed by atoms with Crippen molar-refractivity contribution >= 4 is 11.9 Å². The van der Waals surface area contributed by atoms with Gasteiger partial charge in [-0.05, 0) is 25.7 Å². The zero-order chi connectivity index (χ0) is 16.9. The monoisotopic (exact) mass is 328 g/mol. The van der Waals surface area contributed by atoms with Gasteiger partial charge in [-0.25, -0.2) is 5.01 Å². The number of rotatable bonds is 3. The first-order valence-electron chi connectivity index (χ1n) is 9.03. The van der Waals surface area contributed by atoms with Crippen LogP contribution in [0.2, 0.25) is 0 Å². The molecule has 0 radical (unpaired) electrons. The molecule has 0 bridgehead atoms. The molecule has 0 spiro atoms. The smallest absolute Gasteiger partial charge is 0.314 e. The zero-order valence-corrected chi connectivity index (χ0v) is 14.1. The maximum absolute atomic E-state index is 9.43. The number of carboxylic acids is 2. The molecule has 6 nitrogen and oxygen atoms in total. The quantitative estimate of drug-likeness (QED) is 0.690. The number of carboxylic acid groups (broad SMARTS) is 2. The molecular weight excluding hydrogens is 296 g/mol. The summed E-state index contributed by atoms with van der Waals surface area (Å²) in [6, 6.07) is 0.832. The van der Waals surface area contributed by atoms with Gasteiger partial charge in [0.1, 0.15) is 6.42 Å². The van der Waals surface area contributed by atoms with E-state index in [0.717, 1.165) is 6.04 Å². The summed E-state index contributed by atoms with van der Waals surface area (Å²) >= 11 is 0. The molecule has 23 heavy (non-hydrogen) atoms. The Morgan fingerprint density at radius 2 is 1.35 bits per heavy atom. The molecule has 134 valence electrons. The van der Waals surface area contributed by atoms with Gasteiger partial charge in [0.05, 0.1) is 0 Å². The van der Waals surface area contributed by atoms with Crippen molar-refractivity contribution in [2.75, 3.05) is 13.1 Å². The first-order chi connectivity index (χ1) is 11.1. The van der Waals surface area contributed by atoms with Crippen molar-refractivity contribution in [1.29, 1.82) is 0 Å². The molecule has 2 aliphatic rings. The molecule has 6 heteroatoms. The third-order valence-electron chi connectivity index (χ3n) is 4.46. The molecule has 1 heterocycles. The summed E-state index contributed by atoms with van der Waals surface area (Å²) in [6.07, 6.45) is 14.9. The molecule has 1 aliphatic heterocycles. The van der Waals surface area contributed by atoms with Gasteiger partial charge < -0.3 is 10.2 Å². The highest BCUT2D eigenvalue weighted by molar-refractivity contribution is 5.88. The van der Waals surface area contributed by atoms with Crippen LogP contribution < -0.4 is 5.43 Å². The van der Waals surface area contributed by atoms with Crippen LogP contribution >= 0.6 is 0 Å². The maximum atomic E-state index is 9.43. The average molecular weight is 328 g/mol. The summed E-state index contributed by atoms with van der Waals surface area (Å²) in [5, 5.41) is 18.0. The molecule has 3 N–H and O–H groups in total. The van der Waals surface area contributed by atoms with Crippen LogP contribution in [0.4, 0.5) is 0 Å². The average Bonchev–Trinajstić information content (AvgIpc) is 2.38. The van der Waals surface area contributed by atoms with Crippen LogP contribution in [-0.4, -0.2) is 46.3 Å². The van der Waals surface area contributed by atoms with E-state index in [1.165, 1.54) is 83.7 Å². The first-order valence-corrected chi connectivity index (χ1v) is 9.03. The number of aliphatic carboxylic acids is 2. The molecule has 0 aromatic rings. The summed E-state index contributed by atoms with van der Waals surface area (Å²) in [7, 11) is 0. The predicted molar refractivity (Wildman–Crippen MR) is 89.2 cm³/mol. The minimum atomic E-state index is -1.31. The van der Waals surface area contributed by atoms with E-state index < -0.39 is 18.4 Å². The Hall–Kier alpha value is -1.14. The standard InChI is InChI=1S/C14H28N2.C3H4O4/c1-2-6-10-14(11-7-3-1)16-13-9-5-4-8-12-15-16;4-2(5)1-3(6)7/h14-15H,1-13H2;1H2,(H,4,5)(H,6,7). The van der Waals surface area contributed by atoms with Crippen molar-refractivity contribution in [1.82, 2.24) is 10.4 Å². The molecule has 0 unspecified atom stereocenters. The van der Waals surface area contributed by atoms with Crippen LogP contribution in [-0.2, 0) is 9.59 Å². The van der Waals surface area contributed by atoms with Gasteiger partial charge in [-0.2, -0.15) is 0 Å². The molecule has 0 aromatic carbocycles. The molecular formula is C17H32N2O4.